The van der Waals surface area contributed by atoms with E-state index in [1.165, 1.54) is 0 Å². The van der Waals surface area contributed by atoms with Crippen LogP contribution in [0.25, 0.3) is 0 Å². The van der Waals surface area contributed by atoms with Gasteiger partial charge in [0.25, 0.3) is 10.8 Å². The van der Waals surface area contributed by atoms with Crippen LogP contribution in [0.5, 0.6) is 0 Å². The summed E-state index contributed by atoms with van der Waals surface area (Å²) in [5, 5.41) is 2.79. The number of alkyl halides is 3. The maximum Gasteiger partial charge on any atom is 0.282 e. The average molecular weight is 339 g/mol. The second-order valence-electron chi connectivity index (χ2n) is 3.94. The summed E-state index contributed by atoms with van der Waals surface area (Å²) in [6.45, 7) is 1.73. The van der Waals surface area contributed by atoms with Gasteiger partial charge in [0, 0.05) is 5.69 Å². The van der Waals surface area contributed by atoms with Crippen molar-refractivity contribution in [3.05, 3.63) is 48.2 Å². The van der Waals surface area contributed by atoms with Crippen LogP contribution in [0.1, 0.15) is 5.76 Å². The van der Waals surface area contributed by atoms with Crippen LogP contribution in [0, 0.1) is 6.92 Å². The van der Waals surface area contributed by atoms with Crippen molar-refractivity contribution in [3.8, 4) is 0 Å². The fraction of sp³-hybridized carbons (Fsp3) is 0.167. The number of nitrogens with one attached hydrogen (secondary N) is 1. The normalized spacial score (nSPS) is 14.9. The molecule has 19 heavy (non-hydrogen) atoms. The maximum absolute atomic E-state index is 13.0. The maximum atomic E-state index is 13.0. The number of furan rings is 1. The molecule has 2 rings (SSSR count). The highest BCUT2D eigenvalue weighted by atomic mass is 35.6. The summed E-state index contributed by atoms with van der Waals surface area (Å²) in [7, 11) is -3.58. The summed E-state index contributed by atoms with van der Waals surface area (Å²) >= 11 is 17.6. The van der Waals surface area contributed by atoms with E-state index in [1.54, 1.807) is 43.3 Å². The predicted molar refractivity (Wildman–Crippen MR) is 81.0 cm³/mol. The molecule has 102 valence electrons. The van der Waals surface area contributed by atoms with E-state index in [-0.39, 0.29) is 5.50 Å². The van der Waals surface area contributed by atoms with Gasteiger partial charge in [0.1, 0.15) is 5.76 Å². The molecule has 1 aromatic heterocycles. The van der Waals surface area contributed by atoms with Crippen molar-refractivity contribution in [1.82, 2.24) is 0 Å². The Labute approximate surface area is 126 Å². The molecule has 7 heteroatoms. The lowest BCUT2D eigenvalue weighted by Crippen LogP contribution is -2.21. The summed E-state index contributed by atoms with van der Waals surface area (Å²) in [6, 6.07) is 12.1. The van der Waals surface area contributed by atoms with E-state index >= 15 is 0 Å². The van der Waals surface area contributed by atoms with E-state index in [9.17, 15) is 4.57 Å². The number of hydrogen-bond donors (Lipinski definition) is 1. The second kappa shape index (κ2) is 5.41. The van der Waals surface area contributed by atoms with Crippen LogP contribution in [-0.4, -0.2) is 3.53 Å². The highest BCUT2D eigenvalue weighted by Gasteiger charge is 2.48. The zero-order chi connectivity index (χ0) is 14.1. The van der Waals surface area contributed by atoms with Gasteiger partial charge in [-0.25, -0.2) is 0 Å². The van der Waals surface area contributed by atoms with E-state index in [1.807, 2.05) is 6.07 Å². The van der Waals surface area contributed by atoms with E-state index in [4.69, 9.17) is 39.2 Å². The van der Waals surface area contributed by atoms with Crippen molar-refractivity contribution in [1.29, 1.82) is 0 Å². The Morgan fingerprint density at radius 1 is 1.11 bits per heavy atom. The number of aryl methyl sites for hydroxylation is 1. The van der Waals surface area contributed by atoms with Crippen LogP contribution in [-0.2, 0) is 4.57 Å². The fourth-order valence-electron chi connectivity index (χ4n) is 1.53. The molecule has 0 saturated heterocycles. The van der Waals surface area contributed by atoms with Gasteiger partial charge >= 0.3 is 0 Å². The number of benzene rings is 1. The predicted octanol–water partition coefficient (Wildman–Crippen LogP) is 4.93. The molecular formula is C12H11Cl3NO2P. The molecule has 3 nitrogen and oxygen atoms in total. The molecule has 1 aromatic carbocycles. The summed E-state index contributed by atoms with van der Waals surface area (Å²) in [5.74, 6) is 0.597. The zero-order valence-electron chi connectivity index (χ0n) is 9.94. The first kappa shape index (κ1) is 14.8. The van der Waals surface area contributed by atoms with Crippen LogP contribution in [0.15, 0.2) is 46.9 Å². The smallest absolute Gasteiger partial charge is 0.282 e. The highest BCUT2D eigenvalue weighted by Crippen LogP contribution is 2.63. The van der Waals surface area contributed by atoms with Crippen LogP contribution >= 0.6 is 42.1 Å². The molecule has 0 radical (unpaired) electrons. The largest absolute Gasteiger partial charge is 0.456 e. The molecule has 0 aliphatic rings. The van der Waals surface area contributed by atoms with E-state index in [0.717, 1.165) is 0 Å². The number of anilines is 1. The van der Waals surface area contributed by atoms with Crippen molar-refractivity contribution in [2.24, 2.45) is 0 Å². The highest BCUT2D eigenvalue weighted by molar-refractivity contribution is 7.79. The van der Waals surface area contributed by atoms with Gasteiger partial charge in [-0.15, -0.1) is 0 Å². The first-order valence-electron chi connectivity index (χ1n) is 5.40. The molecule has 2 aromatic rings. The van der Waals surface area contributed by atoms with Crippen LogP contribution in [0.2, 0.25) is 0 Å². The molecule has 0 aliphatic carbocycles. The van der Waals surface area contributed by atoms with Gasteiger partial charge < -0.3 is 9.50 Å². The van der Waals surface area contributed by atoms with E-state index in [2.05, 4.69) is 5.09 Å². The molecule has 0 bridgehead atoms. The van der Waals surface area contributed by atoms with Crippen molar-refractivity contribution < 1.29 is 8.98 Å². The number of rotatable bonds is 3. The Morgan fingerprint density at radius 2 is 1.74 bits per heavy atom. The van der Waals surface area contributed by atoms with Crippen LogP contribution in [0.4, 0.5) is 5.69 Å². The number of halogens is 3. The van der Waals surface area contributed by atoms with Gasteiger partial charge in [0.15, 0.2) is 5.50 Å². The standard InChI is InChI=1S/C12H11Cl3NO2P/c1-9-7-8-11(18-9)19(17,12(13,14)15)16-10-5-3-2-4-6-10/h2-8H,1H3,(H,16,17). The minimum atomic E-state index is -3.58. The third-order valence-electron chi connectivity index (χ3n) is 2.45. The van der Waals surface area contributed by atoms with Crippen molar-refractivity contribution in [3.63, 3.8) is 0 Å². The Balaban J connectivity index is 2.45. The third-order valence-corrected chi connectivity index (χ3v) is 6.74. The molecule has 0 amide bonds. The SMILES string of the molecule is Cc1ccc(P(=O)(Nc2ccccc2)C(Cl)(Cl)Cl)o1. The van der Waals surface area contributed by atoms with Crippen molar-refractivity contribution in [2.45, 2.75) is 10.5 Å². The average Bonchev–Trinajstić information content (AvgIpc) is 2.76. The van der Waals surface area contributed by atoms with Gasteiger partial charge in [0.05, 0.1) is 0 Å². The number of hydrogen-bond acceptors (Lipinski definition) is 2. The second-order valence-corrected chi connectivity index (χ2v) is 9.56. The lowest BCUT2D eigenvalue weighted by molar-refractivity contribution is 0.543. The molecule has 0 spiro atoms. The van der Waals surface area contributed by atoms with Gasteiger partial charge in [0.2, 0.25) is 0 Å². The van der Waals surface area contributed by atoms with E-state index < -0.39 is 10.8 Å². The monoisotopic (exact) mass is 337 g/mol. The Kier molecular flexibility index (Phi) is 4.22. The van der Waals surface area contributed by atoms with E-state index in [0.29, 0.717) is 11.4 Å². The first-order valence-corrected chi connectivity index (χ1v) is 8.24. The molecule has 1 unspecified atom stereocenters. The van der Waals surface area contributed by atoms with Crippen LogP contribution < -0.4 is 10.6 Å². The molecule has 0 saturated carbocycles. The Bertz CT molecular complexity index is 607. The van der Waals surface area contributed by atoms with Gasteiger partial charge in [-0.05, 0) is 31.2 Å². The lowest BCUT2D eigenvalue weighted by Gasteiger charge is -2.24. The quantitative estimate of drug-likeness (QED) is 0.637. The first-order chi connectivity index (χ1) is 8.83. The fourth-order valence-corrected chi connectivity index (χ4v) is 4.22. The molecule has 1 N–H and O–H groups in total. The minimum Gasteiger partial charge on any atom is -0.456 e. The summed E-state index contributed by atoms with van der Waals surface area (Å²) in [6.07, 6.45) is 0. The van der Waals surface area contributed by atoms with Gasteiger partial charge in [-0.3, -0.25) is 4.57 Å². The molecule has 0 fully saturated rings. The molecule has 1 atom stereocenters. The lowest BCUT2D eigenvalue weighted by atomic mass is 10.3. The van der Waals surface area contributed by atoms with Gasteiger partial charge in [-0.1, -0.05) is 53.0 Å². The minimum absolute atomic E-state index is 0.133. The van der Waals surface area contributed by atoms with Gasteiger partial charge in [-0.2, -0.15) is 0 Å². The summed E-state index contributed by atoms with van der Waals surface area (Å²) in [5.41, 5.74) is 0.722. The van der Waals surface area contributed by atoms with Crippen LogP contribution in [0.3, 0.4) is 0 Å². The topological polar surface area (TPSA) is 42.2 Å². The third kappa shape index (κ3) is 3.11. The summed E-state index contributed by atoms with van der Waals surface area (Å²) in [4.78, 5) is 0. The Hall–Kier alpha value is -0.600. The summed E-state index contributed by atoms with van der Waals surface area (Å²) < 4.78 is 16.4. The zero-order valence-corrected chi connectivity index (χ0v) is 13.1. The van der Waals surface area contributed by atoms with Crippen molar-refractivity contribution >= 4 is 53.3 Å². The molecular weight excluding hydrogens is 327 g/mol. The Morgan fingerprint density at radius 3 is 2.21 bits per heavy atom. The number of para-hydroxylation sites is 1. The molecule has 1 heterocycles. The van der Waals surface area contributed by atoms with Crippen molar-refractivity contribution in [2.75, 3.05) is 5.09 Å². The molecule has 0 aliphatic heterocycles.